The third-order valence-corrected chi connectivity index (χ3v) is 1.77. The molecule has 1 N–H and O–H groups in total. The second-order valence-electron chi connectivity index (χ2n) is 3.03. The summed E-state index contributed by atoms with van der Waals surface area (Å²) in [6, 6.07) is 0. The molecular formula is C8H14O4. The minimum Gasteiger partial charge on any atom is -0.481 e. The number of carboxylic acids is 1. The summed E-state index contributed by atoms with van der Waals surface area (Å²) in [4.78, 5) is 10.3. The molecule has 0 aromatic rings. The van der Waals surface area contributed by atoms with Crippen LogP contribution in [0.2, 0.25) is 0 Å². The highest BCUT2D eigenvalue weighted by atomic mass is 16.6. The lowest BCUT2D eigenvalue weighted by Crippen LogP contribution is -2.22. The first-order valence-electron chi connectivity index (χ1n) is 4.13. The summed E-state index contributed by atoms with van der Waals surface area (Å²) in [5, 5.41) is 8.45. The SMILES string of the molecule is C[C@@H](CC(=O)O)OC1CCOC1. The van der Waals surface area contributed by atoms with Gasteiger partial charge in [0.2, 0.25) is 0 Å². The van der Waals surface area contributed by atoms with Crippen molar-refractivity contribution in [1.82, 2.24) is 0 Å². The number of aliphatic carboxylic acids is 1. The van der Waals surface area contributed by atoms with Gasteiger partial charge in [0.15, 0.2) is 0 Å². The smallest absolute Gasteiger partial charge is 0.305 e. The van der Waals surface area contributed by atoms with Gasteiger partial charge in [0, 0.05) is 6.61 Å². The quantitative estimate of drug-likeness (QED) is 0.680. The Balaban J connectivity index is 2.16. The molecule has 1 fully saturated rings. The Labute approximate surface area is 71.5 Å². The van der Waals surface area contributed by atoms with Crippen molar-refractivity contribution in [3.8, 4) is 0 Å². The van der Waals surface area contributed by atoms with Crippen molar-refractivity contribution in [3.63, 3.8) is 0 Å². The highest BCUT2D eigenvalue weighted by Crippen LogP contribution is 2.11. The Kier molecular flexibility index (Phi) is 3.49. The standard InChI is InChI=1S/C8H14O4/c1-6(4-8(9)10)12-7-2-3-11-5-7/h6-7H,2-5H2,1H3,(H,9,10)/t6-,7?/m0/s1. The number of carboxylic acid groups (broad SMARTS) is 1. The molecule has 1 saturated heterocycles. The molecule has 0 amide bonds. The molecule has 4 nitrogen and oxygen atoms in total. The van der Waals surface area contributed by atoms with Crippen LogP contribution in [0.5, 0.6) is 0 Å². The maximum absolute atomic E-state index is 10.3. The number of hydrogen-bond acceptors (Lipinski definition) is 3. The molecule has 0 bridgehead atoms. The first-order chi connectivity index (χ1) is 5.68. The lowest BCUT2D eigenvalue weighted by atomic mass is 10.2. The average molecular weight is 174 g/mol. The van der Waals surface area contributed by atoms with E-state index in [0.29, 0.717) is 6.61 Å². The second kappa shape index (κ2) is 4.42. The summed E-state index contributed by atoms with van der Waals surface area (Å²) >= 11 is 0. The van der Waals surface area contributed by atoms with E-state index in [1.54, 1.807) is 6.92 Å². The van der Waals surface area contributed by atoms with E-state index in [0.717, 1.165) is 13.0 Å². The van der Waals surface area contributed by atoms with Gasteiger partial charge in [-0.15, -0.1) is 0 Å². The summed E-state index contributed by atoms with van der Waals surface area (Å²) < 4.78 is 10.5. The lowest BCUT2D eigenvalue weighted by molar-refractivity contribution is -0.140. The predicted molar refractivity (Wildman–Crippen MR) is 42.0 cm³/mol. The first kappa shape index (κ1) is 9.48. The van der Waals surface area contributed by atoms with Crippen molar-refractivity contribution < 1.29 is 19.4 Å². The molecule has 0 radical (unpaired) electrons. The molecule has 1 unspecified atom stereocenters. The third kappa shape index (κ3) is 3.19. The van der Waals surface area contributed by atoms with Crippen LogP contribution in [0.25, 0.3) is 0 Å². The van der Waals surface area contributed by atoms with Crippen LogP contribution in [0.15, 0.2) is 0 Å². The molecule has 0 saturated carbocycles. The van der Waals surface area contributed by atoms with Crippen molar-refractivity contribution in [3.05, 3.63) is 0 Å². The summed E-state index contributed by atoms with van der Waals surface area (Å²) in [5.74, 6) is -0.818. The normalized spacial score (nSPS) is 25.6. The molecule has 1 heterocycles. The van der Waals surface area contributed by atoms with E-state index in [4.69, 9.17) is 14.6 Å². The van der Waals surface area contributed by atoms with E-state index >= 15 is 0 Å². The van der Waals surface area contributed by atoms with Crippen LogP contribution >= 0.6 is 0 Å². The van der Waals surface area contributed by atoms with Crippen LogP contribution in [0.4, 0.5) is 0 Å². The summed E-state index contributed by atoms with van der Waals surface area (Å²) in [5.41, 5.74) is 0. The number of rotatable bonds is 4. The predicted octanol–water partition coefficient (Wildman–Crippen LogP) is 0.655. The van der Waals surface area contributed by atoms with Crippen LogP contribution in [0, 0.1) is 0 Å². The topological polar surface area (TPSA) is 55.8 Å². The molecule has 1 rings (SSSR count). The fourth-order valence-electron chi connectivity index (χ4n) is 1.24. The van der Waals surface area contributed by atoms with Gasteiger partial charge in [-0.1, -0.05) is 0 Å². The van der Waals surface area contributed by atoms with Crippen LogP contribution in [-0.4, -0.2) is 36.5 Å². The maximum atomic E-state index is 10.3. The fourth-order valence-corrected chi connectivity index (χ4v) is 1.24. The molecule has 1 aliphatic heterocycles. The van der Waals surface area contributed by atoms with E-state index in [1.165, 1.54) is 0 Å². The van der Waals surface area contributed by atoms with Gasteiger partial charge in [-0.05, 0) is 13.3 Å². The monoisotopic (exact) mass is 174 g/mol. The van der Waals surface area contributed by atoms with Gasteiger partial charge in [-0.25, -0.2) is 0 Å². The molecule has 0 aromatic heterocycles. The minimum absolute atomic E-state index is 0.0660. The maximum Gasteiger partial charge on any atom is 0.305 e. The van der Waals surface area contributed by atoms with Crippen molar-refractivity contribution in [2.45, 2.75) is 32.0 Å². The molecular weight excluding hydrogens is 160 g/mol. The van der Waals surface area contributed by atoms with Crippen LogP contribution in [0.1, 0.15) is 19.8 Å². The van der Waals surface area contributed by atoms with Gasteiger partial charge in [0.05, 0.1) is 25.2 Å². The molecule has 2 atom stereocenters. The van der Waals surface area contributed by atoms with Crippen LogP contribution in [-0.2, 0) is 14.3 Å². The zero-order valence-corrected chi connectivity index (χ0v) is 7.16. The van der Waals surface area contributed by atoms with Crippen molar-refractivity contribution in [2.75, 3.05) is 13.2 Å². The van der Waals surface area contributed by atoms with Crippen molar-refractivity contribution >= 4 is 5.97 Å². The van der Waals surface area contributed by atoms with E-state index in [2.05, 4.69) is 0 Å². The van der Waals surface area contributed by atoms with Gasteiger partial charge < -0.3 is 14.6 Å². The summed E-state index contributed by atoms with van der Waals surface area (Å²) in [6.07, 6.45) is 0.828. The molecule has 0 spiro atoms. The minimum atomic E-state index is -0.818. The lowest BCUT2D eigenvalue weighted by Gasteiger charge is -2.15. The van der Waals surface area contributed by atoms with Gasteiger partial charge in [-0.3, -0.25) is 4.79 Å². The molecule has 70 valence electrons. The largest absolute Gasteiger partial charge is 0.481 e. The third-order valence-electron chi connectivity index (χ3n) is 1.77. The Morgan fingerprint density at radius 2 is 2.58 bits per heavy atom. The molecule has 4 heteroatoms. The molecule has 0 aromatic carbocycles. The van der Waals surface area contributed by atoms with Crippen LogP contribution in [0.3, 0.4) is 0 Å². The second-order valence-corrected chi connectivity index (χ2v) is 3.03. The number of ether oxygens (including phenoxy) is 2. The summed E-state index contributed by atoms with van der Waals surface area (Å²) in [7, 11) is 0. The first-order valence-corrected chi connectivity index (χ1v) is 4.13. The van der Waals surface area contributed by atoms with E-state index in [1.807, 2.05) is 0 Å². The molecule has 0 aliphatic carbocycles. The molecule has 1 aliphatic rings. The molecule has 12 heavy (non-hydrogen) atoms. The Morgan fingerprint density at radius 1 is 1.83 bits per heavy atom. The van der Waals surface area contributed by atoms with Crippen LogP contribution < -0.4 is 0 Å². The van der Waals surface area contributed by atoms with Crippen molar-refractivity contribution in [2.24, 2.45) is 0 Å². The van der Waals surface area contributed by atoms with E-state index in [-0.39, 0.29) is 18.6 Å². The van der Waals surface area contributed by atoms with Gasteiger partial charge in [0.1, 0.15) is 0 Å². The van der Waals surface area contributed by atoms with E-state index in [9.17, 15) is 4.79 Å². The Hall–Kier alpha value is -0.610. The van der Waals surface area contributed by atoms with Gasteiger partial charge >= 0.3 is 5.97 Å². The van der Waals surface area contributed by atoms with Gasteiger partial charge in [-0.2, -0.15) is 0 Å². The van der Waals surface area contributed by atoms with Crippen molar-refractivity contribution in [1.29, 1.82) is 0 Å². The number of hydrogen-bond donors (Lipinski definition) is 1. The zero-order valence-electron chi connectivity index (χ0n) is 7.16. The van der Waals surface area contributed by atoms with Gasteiger partial charge in [0.25, 0.3) is 0 Å². The summed E-state index contributed by atoms with van der Waals surface area (Å²) in [6.45, 7) is 3.10. The fraction of sp³-hybridized carbons (Fsp3) is 0.875. The van der Waals surface area contributed by atoms with E-state index < -0.39 is 5.97 Å². The number of carbonyl (C=O) groups is 1. The highest BCUT2D eigenvalue weighted by molar-refractivity contribution is 5.67. The Morgan fingerprint density at radius 3 is 3.08 bits per heavy atom. The average Bonchev–Trinajstić information content (AvgIpc) is 2.37. The Bertz CT molecular complexity index is 151. The zero-order chi connectivity index (χ0) is 8.97. The highest BCUT2D eigenvalue weighted by Gasteiger charge is 2.19.